The molecule has 2 nitrogen and oxygen atoms in total. The van der Waals surface area contributed by atoms with Crippen molar-refractivity contribution in [2.24, 2.45) is 5.73 Å². The summed E-state index contributed by atoms with van der Waals surface area (Å²) in [6.45, 7) is 2.61. The van der Waals surface area contributed by atoms with E-state index in [1.54, 1.807) is 0 Å². The van der Waals surface area contributed by atoms with Gasteiger partial charge in [-0.05, 0) is 29.7 Å². The second kappa shape index (κ2) is 6.22. The van der Waals surface area contributed by atoms with Crippen molar-refractivity contribution in [3.05, 3.63) is 65.7 Å². The summed E-state index contributed by atoms with van der Waals surface area (Å²) in [5, 5.41) is 0. The second-order valence-corrected chi connectivity index (χ2v) is 4.25. The Morgan fingerprint density at radius 2 is 1.67 bits per heavy atom. The van der Waals surface area contributed by atoms with E-state index in [9.17, 15) is 0 Å². The fraction of sp³-hybridized carbons (Fsp3) is 0.250. The van der Waals surface area contributed by atoms with E-state index in [2.05, 4.69) is 19.1 Å². The first kappa shape index (κ1) is 12.7. The largest absolute Gasteiger partial charge is 0.484 e. The first-order chi connectivity index (χ1) is 8.83. The van der Waals surface area contributed by atoms with Crippen LogP contribution in [0, 0.1) is 0 Å². The van der Waals surface area contributed by atoms with Gasteiger partial charge in [0, 0.05) is 6.54 Å². The molecule has 1 unspecified atom stereocenters. The minimum absolute atomic E-state index is 0.0846. The van der Waals surface area contributed by atoms with Crippen LogP contribution in [0.4, 0.5) is 0 Å². The van der Waals surface area contributed by atoms with Crippen LogP contribution in [0.3, 0.4) is 0 Å². The number of aryl methyl sites for hydroxylation is 1. The maximum atomic E-state index is 5.92. The number of nitrogens with two attached hydrogens (primary N) is 1. The molecule has 2 N–H and O–H groups in total. The van der Waals surface area contributed by atoms with Crippen LogP contribution in [-0.4, -0.2) is 6.54 Å². The van der Waals surface area contributed by atoms with E-state index in [0.29, 0.717) is 6.54 Å². The van der Waals surface area contributed by atoms with Gasteiger partial charge in [-0.3, -0.25) is 0 Å². The van der Waals surface area contributed by atoms with Gasteiger partial charge >= 0.3 is 0 Å². The zero-order chi connectivity index (χ0) is 12.8. The average molecular weight is 241 g/mol. The van der Waals surface area contributed by atoms with Gasteiger partial charge in [0.15, 0.2) is 0 Å². The van der Waals surface area contributed by atoms with Crippen LogP contribution < -0.4 is 10.5 Å². The number of hydrogen-bond acceptors (Lipinski definition) is 2. The molecular formula is C16H19NO. The molecule has 18 heavy (non-hydrogen) atoms. The molecule has 2 aromatic rings. The van der Waals surface area contributed by atoms with E-state index < -0.39 is 0 Å². The Morgan fingerprint density at radius 1 is 1.00 bits per heavy atom. The lowest BCUT2D eigenvalue weighted by Gasteiger charge is -2.18. The Balaban J connectivity index is 2.10. The SMILES string of the molecule is CCc1ccc(OC(CN)c2ccccc2)cc1. The molecule has 2 heteroatoms. The van der Waals surface area contributed by atoms with Crippen molar-refractivity contribution in [1.82, 2.24) is 0 Å². The van der Waals surface area contributed by atoms with Crippen LogP contribution in [0.15, 0.2) is 54.6 Å². The van der Waals surface area contributed by atoms with Gasteiger partial charge in [0.2, 0.25) is 0 Å². The van der Waals surface area contributed by atoms with Crippen molar-refractivity contribution in [3.63, 3.8) is 0 Å². The Labute approximate surface area is 108 Å². The normalized spacial score (nSPS) is 12.1. The summed E-state index contributed by atoms with van der Waals surface area (Å²) in [4.78, 5) is 0. The van der Waals surface area contributed by atoms with Crippen LogP contribution >= 0.6 is 0 Å². The number of benzene rings is 2. The quantitative estimate of drug-likeness (QED) is 0.871. The van der Waals surface area contributed by atoms with Crippen LogP contribution in [0.2, 0.25) is 0 Å². The fourth-order valence-electron chi connectivity index (χ4n) is 1.89. The molecule has 2 rings (SSSR count). The van der Waals surface area contributed by atoms with Gasteiger partial charge in [0.25, 0.3) is 0 Å². The molecule has 0 fully saturated rings. The third kappa shape index (κ3) is 3.11. The highest BCUT2D eigenvalue weighted by atomic mass is 16.5. The zero-order valence-corrected chi connectivity index (χ0v) is 10.7. The minimum atomic E-state index is -0.0846. The molecular weight excluding hydrogens is 222 g/mol. The average Bonchev–Trinajstić information content (AvgIpc) is 2.46. The summed E-state index contributed by atoms with van der Waals surface area (Å²) in [7, 11) is 0. The van der Waals surface area contributed by atoms with E-state index in [1.807, 2.05) is 42.5 Å². The molecule has 0 aliphatic heterocycles. The molecule has 0 amide bonds. The van der Waals surface area contributed by atoms with Crippen LogP contribution in [0.25, 0.3) is 0 Å². The number of hydrogen-bond donors (Lipinski definition) is 1. The lowest BCUT2D eigenvalue weighted by atomic mass is 10.1. The summed E-state index contributed by atoms with van der Waals surface area (Å²) in [5.74, 6) is 0.867. The highest BCUT2D eigenvalue weighted by Crippen LogP contribution is 2.21. The highest BCUT2D eigenvalue weighted by Gasteiger charge is 2.10. The number of rotatable bonds is 5. The van der Waals surface area contributed by atoms with E-state index in [4.69, 9.17) is 10.5 Å². The molecule has 0 aliphatic carbocycles. The fourth-order valence-corrected chi connectivity index (χ4v) is 1.89. The Kier molecular flexibility index (Phi) is 4.37. The van der Waals surface area contributed by atoms with Crippen molar-refractivity contribution < 1.29 is 4.74 Å². The Morgan fingerprint density at radius 3 is 2.22 bits per heavy atom. The summed E-state index contributed by atoms with van der Waals surface area (Å²) < 4.78 is 5.92. The molecule has 0 aliphatic rings. The van der Waals surface area contributed by atoms with Crippen LogP contribution in [0.1, 0.15) is 24.2 Å². The van der Waals surface area contributed by atoms with Crippen molar-refractivity contribution in [3.8, 4) is 5.75 Å². The molecule has 0 heterocycles. The molecule has 94 valence electrons. The first-order valence-electron chi connectivity index (χ1n) is 6.34. The third-order valence-corrected chi connectivity index (χ3v) is 3.00. The van der Waals surface area contributed by atoms with Crippen molar-refractivity contribution in [2.45, 2.75) is 19.4 Å². The summed E-state index contributed by atoms with van der Waals surface area (Å²) in [5.41, 5.74) is 8.21. The van der Waals surface area contributed by atoms with Crippen LogP contribution in [-0.2, 0) is 6.42 Å². The zero-order valence-electron chi connectivity index (χ0n) is 10.7. The predicted molar refractivity (Wildman–Crippen MR) is 74.7 cm³/mol. The molecule has 0 aromatic heterocycles. The van der Waals surface area contributed by atoms with Crippen molar-refractivity contribution in [2.75, 3.05) is 6.54 Å². The van der Waals surface area contributed by atoms with Crippen LogP contribution in [0.5, 0.6) is 5.75 Å². The molecule has 0 radical (unpaired) electrons. The maximum Gasteiger partial charge on any atom is 0.136 e. The first-order valence-corrected chi connectivity index (χ1v) is 6.34. The monoisotopic (exact) mass is 241 g/mol. The summed E-state index contributed by atoms with van der Waals surface area (Å²) in [6.07, 6.45) is 0.956. The predicted octanol–water partition coefficient (Wildman–Crippen LogP) is 3.33. The molecule has 0 saturated carbocycles. The minimum Gasteiger partial charge on any atom is -0.484 e. The van der Waals surface area contributed by atoms with E-state index in [-0.39, 0.29) is 6.10 Å². The van der Waals surface area contributed by atoms with Gasteiger partial charge < -0.3 is 10.5 Å². The van der Waals surface area contributed by atoms with Gasteiger partial charge in [-0.15, -0.1) is 0 Å². The molecule has 1 atom stereocenters. The summed E-state index contributed by atoms with van der Waals surface area (Å²) in [6, 6.07) is 18.3. The maximum absolute atomic E-state index is 5.92. The lowest BCUT2D eigenvalue weighted by Crippen LogP contribution is -2.18. The van der Waals surface area contributed by atoms with Crippen molar-refractivity contribution >= 4 is 0 Å². The summed E-state index contributed by atoms with van der Waals surface area (Å²) >= 11 is 0. The topological polar surface area (TPSA) is 35.2 Å². The van der Waals surface area contributed by atoms with Gasteiger partial charge in [-0.1, -0.05) is 49.4 Å². The molecule has 2 aromatic carbocycles. The number of ether oxygens (including phenoxy) is 1. The Hall–Kier alpha value is -1.80. The smallest absolute Gasteiger partial charge is 0.136 e. The highest BCUT2D eigenvalue weighted by molar-refractivity contribution is 5.28. The molecule has 0 bridgehead atoms. The van der Waals surface area contributed by atoms with E-state index in [0.717, 1.165) is 17.7 Å². The molecule has 0 spiro atoms. The van der Waals surface area contributed by atoms with Gasteiger partial charge in [0.1, 0.15) is 11.9 Å². The van der Waals surface area contributed by atoms with Crippen molar-refractivity contribution in [1.29, 1.82) is 0 Å². The van der Waals surface area contributed by atoms with E-state index >= 15 is 0 Å². The van der Waals surface area contributed by atoms with Gasteiger partial charge in [0.05, 0.1) is 0 Å². The van der Waals surface area contributed by atoms with Gasteiger partial charge in [-0.25, -0.2) is 0 Å². The Bertz CT molecular complexity index is 464. The molecule has 0 saturated heterocycles. The third-order valence-electron chi connectivity index (χ3n) is 3.00. The second-order valence-electron chi connectivity index (χ2n) is 4.25. The lowest BCUT2D eigenvalue weighted by molar-refractivity contribution is 0.214. The standard InChI is InChI=1S/C16H19NO/c1-2-13-8-10-15(11-9-13)18-16(12-17)14-6-4-3-5-7-14/h3-11,16H,2,12,17H2,1H3. The van der Waals surface area contributed by atoms with E-state index in [1.165, 1.54) is 5.56 Å². The van der Waals surface area contributed by atoms with Gasteiger partial charge in [-0.2, -0.15) is 0 Å².